The molecule has 5 heteroatoms. The number of aliphatic carboxylic acids is 1. The first-order chi connectivity index (χ1) is 10.2. The lowest BCUT2D eigenvalue weighted by atomic mass is 9.98. The highest BCUT2D eigenvalue weighted by Gasteiger charge is 2.25. The third kappa shape index (κ3) is 3.31. The third-order valence-electron chi connectivity index (χ3n) is 4.00. The average Bonchev–Trinajstić information content (AvgIpc) is 3.02. The molecule has 0 bridgehead atoms. The van der Waals surface area contributed by atoms with Crippen LogP contribution in [0.3, 0.4) is 0 Å². The van der Waals surface area contributed by atoms with Crippen molar-refractivity contribution in [2.24, 2.45) is 5.92 Å². The van der Waals surface area contributed by atoms with Crippen LogP contribution >= 0.6 is 0 Å². The van der Waals surface area contributed by atoms with E-state index in [2.05, 4.69) is 34.1 Å². The highest BCUT2D eigenvalue weighted by atomic mass is 16.4. The van der Waals surface area contributed by atoms with E-state index in [1.807, 2.05) is 10.8 Å². The van der Waals surface area contributed by atoms with Crippen molar-refractivity contribution in [3.05, 3.63) is 48.5 Å². The van der Waals surface area contributed by atoms with Gasteiger partial charge in [-0.2, -0.15) is 0 Å². The summed E-state index contributed by atoms with van der Waals surface area (Å²) < 4.78 is 1.96. The van der Waals surface area contributed by atoms with Crippen molar-refractivity contribution in [2.75, 3.05) is 13.1 Å². The largest absolute Gasteiger partial charge is 0.481 e. The Balaban J connectivity index is 1.64. The van der Waals surface area contributed by atoms with Crippen LogP contribution in [-0.2, 0) is 11.3 Å². The van der Waals surface area contributed by atoms with Gasteiger partial charge < -0.3 is 9.67 Å². The number of carbonyl (C=O) groups is 1. The number of benzene rings is 1. The van der Waals surface area contributed by atoms with Gasteiger partial charge >= 0.3 is 5.97 Å². The number of rotatable bonds is 4. The van der Waals surface area contributed by atoms with Gasteiger partial charge in [0.25, 0.3) is 0 Å². The molecule has 0 amide bonds. The summed E-state index contributed by atoms with van der Waals surface area (Å²) in [4.78, 5) is 17.4. The van der Waals surface area contributed by atoms with Crippen LogP contribution in [-0.4, -0.2) is 38.6 Å². The van der Waals surface area contributed by atoms with Gasteiger partial charge in [0.15, 0.2) is 0 Å². The molecule has 0 saturated carbocycles. The lowest BCUT2D eigenvalue weighted by Gasteiger charge is -2.30. The van der Waals surface area contributed by atoms with E-state index >= 15 is 0 Å². The SMILES string of the molecule is O=C(O)[C@@H]1CCCN(Cc2ccc(-n3ccnc3)cc2)C1. The predicted octanol–water partition coefficient (Wildman–Crippen LogP) is 2.17. The molecule has 1 fully saturated rings. The molecular formula is C16H19N3O2. The van der Waals surface area contributed by atoms with Crippen LogP contribution in [0.4, 0.5) is 0 Å². The van der Waals surface area contributed by atoms with Gasteiger partial charge in [0.1, 0.15) is 0 Å². The minimum atomic E-state index is -0.671. The first-order valence-corrected chi connectivity index (χ1v) is 7.25. The van der Waals surface area contributed by atoms with Crippen LogP contribution in [0.25, 0.3) is 5.69 Å². The average molecular weight is 285 g/mol. The fourth-order valence-corrected chi connectivity index (χ4v) is 2.84. The molecule has 0 radical (unpaired) electrons. The summed E-state index contributed by atoms with van der Waals surface area (Å²) in [6, 6.07) is 8.32. The van der Waals surface area contributed by atoms with Crippen molar-refractivity contribution >= 4 is 5.97 Å². The zero-order valence-corrected chi connectivity index (χ0v) is 11.9. The number of hydrogen-bond donors (Lipinski definition) is 1. The Morgan fingerprint density at radius 2 is 2.14 bits per heavy atom. The van der Waals surface area contributed by atoms with Crippen molar-refractivity contribution in [3.8, 4) is 5.69 Å². The first kappa shape index (κ1) is 13.8. The number of nitrogens with zero attached hydrogens (tertiary/aromatic N) is 3. The van der Waals surface area contributed by atoms with Gasteiger partial charge in [-0.1, -0.05) is 12.1 Å². The monoisotopic (exact) mass is 285 g/mol. The second-order valence-electron chi connectivity index (χ2n) is 5.55. The van der Waals surface area contributed by atoms with E-state index in [0.717, 1.165) is 31.6 Å². The fourth-order valence-electron chi connectivity index (χ4n) is 2.84. The second kappa shape index (κ2) is 6.10. The standard InChI is InChI=1S/C16H19N3O2/c20-16(21)14-2-1-8-18(11-14)10-13-3-5-15(6-4-13)19-9-7-17-12-19/h3-7,9,12,14H,1-2,8,10-11H2,(H,20,21)/t14-/m1/s1. The van der Waals surface area contributed by atoms with E-state index in [9.17, 15) is 4.79 Å². The smallest absolute Gasteiger partial charge is 0.307 e. The number of carboxylic acid groups (broad SMARTS) is 1. The summed E-state index contributed by atoms with van der Waals surface area (Å²) in [5, 5.41) is 9.13. The summed E-state index contributed by atoms with van der Waals surface area (Å²) >= 11 is 0. The van der Waals surface area contributed by atoms with E-state index in [-0.39, 0.29) is 5.92 Å². The number of piperidine rings is 1. The summed E-state index contributed by atoms with van der Waals surface area (Å²) in [6.45, 7) is 2.44. The van der Waals surface area contributed by atoms with Gasteiger partial charge in [-0.05, 0) is 37.1 Å². The molecule has 0 spiro atoms. The van der Waals surface area contributed by atoms with E-state index in [1.165, 1.54) is 5.56 Å². The summed E-state index contributed by atoms with van der Waals surface area (Å²) in [5.74, 6) is -0.890. The zero-order valence-electron chi connectivity index (χ0n) is 11.9. The predicted molar refractivity (Wildman–Crippen MR) is 79.2 cm³/mol. The Morgan fingerprint density at radius 1 is 1.33 bits per heavy atom. The molecule has 2 aromatic rings. The summed E-state index contributed by atoms with van der Waals surface area (Å²) in [6.07, 6.45) is 7.21. The lowest BCUT2D eigenvalue weighted by Crippen LogP contribution is -2.38. The molecule has 1 atom stereocenters. The molecule has 110 valence electrons. The number of imidazole rings is 1. The minimum Gasteiger partial charge on any atom is -0.481 e. The molecule has 5 nitrogen and oxygen atoms in total. The molecule has 1 N–H and O–H groups in total. The van der Waals surface area contributed by atoms with Crippen molar-refractivity contribution in [3.63, 3.8) is 0 Å². The van der Waals surface area contributed by atoms with Gasteiger partial charge in [0, 0.05) is 31.2 Å². The molecular weight excluding hydrogens is 266 g/mol. The van der Waals surface area contributed by atoms with Crippen LogP contribution in [0, 0.1) is 5.92 Å². The second-order valence-corrected chi connectivity index (χ2v) is 5.55. The molecule has 1 saturated heterocycles. The Morgan fingerprint density at radius 3 is 2.81 bits per heavy atom. The van der Waals surface area contributed by atoms with Crippen molar-refractivity contribution < 1.29 is 9.90 Å². The van der Waals surface area contributed by atoms with Gasteiger partial charge in [-0.15, -0.1) is 0 Å². The van der Waals surface area contributed by atoms with Gasteiger partial charge in [-0.3, -0.25) is 9.69 Å². The Kier molecular flexibility index (Phi) is 4.01. The van der Waals surface area contributed by atoms with Crippen LogP contribution in [0.15, 0.2) is 43.0 Å². The molecule has 1 aromatic carbocycles. The van der Waals surface area contributed by atoms with Crippen LogP contribution in [0.5, 0.6) is 0 Å². The highest BCUT2D eigenvalue weighted by Crippen LogP contribution is 2.19. The van der Waals surface area contributed by atoms with E-state index in [1.54, 1.807) is 12.5 Å². The maximum absolute atomic E-state index is 11.1. The van der Waals surface area contributed by atoms with E-state index in [0.29, 0.717) is 6.54 Å². The summed E-state index contributed by atoms with van der Waals surface area (Å²) in [5.41, 5.74) is 2.29. The molecule has 0 aliphatic carbocycles. The third-order valence-corrected chi connectivity index (χ3v) is 4.00. The van der Waals surface area contributed by atoms with E-state index in [4.69, 9.17) is 5.11 Å². The molecule has 2 heterocycles. The van der Waals surface area contributed by atoms with Crippen molar-refractivity contribution in [2.45, 2.75) is 19.4 Å². The maximum atomic E-state index is 11.1. The van der Waals surface area contributed by atoms with Crippen LogP contribution < -0.4 is 0 Å². The van der Waals surface area contributed by atoms with Gasteiger partial charge in [0.2, 0.25) is 0 Å². The van der Waals surface area contributed by atoms with Crippen molar-refractivity contribution in [1.82, 2.24) is 14.5 Å². The molecule has 21 heavy (non-hydrogen) atoms. The summed E-state index contributed by atoms with van der Waals surface area (Å²) in [7, 11) is 0. The number of carboxylic acids is 1. The molecule has 1 aliphatic heterocycles. The van der Waals surface area contributed by atoms with Gasteiger partial charge in [-0.25, -0.2) is 4.98 Å². The molecule has 0 unspecified atom stereocenters. The number of likely N-dealkylation sites (tertiary alicyclic amines) is 1. The Labute approximate surface area is 123 Å². The molecule has 1 aromatic heterocycles. The van der Waals surface area contributed by atoms with E-state index < -0.39 is 5.97 Å². The Hall–Kier alpha value is -2.14. The molecule has 3 rings (SSSR count). The topological polar surface area (TPSA) is 58.4 Å². The van der Waals surface area contributed by atoms with Crippen LogP contribution in [0.1, 0.15) is 18.4 Å². The minimum absolute atomic E-state index is 0.219. The quantitative estimate of drug-likeness (QED) is 0.935. The number of aromatic nitrogens is 2. The normalized spacial score (nSPS) is 19.5. The van der Waals surface area contributed by atoms with Crippen molar-refractivity contribution in [1.29, 1.82) is 0 Å². The van der Waals surface area contributed by atoms with Crippen LogP contribution in [0.2, 0.25) is 0 Å². The fraction of sp³-hybridized carbons (Fsp3) is 0.375. The molecule has 1 aliphatic rings. The lowest BCUT2D eigenvalue weighted by molar-refractivity contribution is -0.143. The van der Waals surface area contributed by atoms with Gasteiger partial charge in [0.05, 0.1) is 12.2 Å². The Bertz CT molecular complexity index is 592. The maximum Gasteiger partial charge on any atom is 0.307 e. The zero-order chi connectivity index (χ0) is 14.7. The number of hydrogen-bond acceptors (Lipinski definition) is 3. The highest BCUT2D eigenvalue weighted by molar-refractivity contribution is 5.70. The first-order valence-electron chi connectivity index (χ1n) is 7.25.